The highest BCUT2D eigenvalue weighted by atomic mass is 79.9. The fourth-order valence-electron chi connectivity index (χ4n) is 3.07. The third kappa shape index (κ3) is 5.13. The summed E-state index contributed by atoms with van der Waals surface area (Å²) in [6.07, 6.45) is 5.22. The van der Waals surface area contributed by atoms with Gasteiger partial charge >= 0.3 is 5.97 Å². The Bertz CT molecular complexity index is 794. The van der Waals surface area contributed by atoms with Gasteiger partial charge in [-0.15, -0.1) is 0 Å². The Morgan fingerprint density at radius 1 is 1.33 bits per heavy atom. The molecule has 1 amide bonds. The van der Waals surface area contributed by atoms with Crippen LogP contribution in [0.4, 0.5) is 0 Å². The van der Waals surface area contributed by atoms with E-state index in [0.29, 0.717) is 25.4 Å². The lowest BCUT2D eigenvalue weighted by molar-refractivity contribution is -0.151. The van der Waals surface area contributed by atoms with Crippen molar-refractivity contribution in [3.05, 3.63) is 41.1 Å². The molecule has 3 rings (SSSR count). The lowest BCUT2D eigenvalue weighted by Crippen LogP contribution is -2.43. The summed E-state index contributed by atoms with van der Waals surface area (Å²) in [6, 6.07) is 7.93. The molecule has 6 nitrogen and oxygen atoms in total. The van der Waals surface area contributed by atoms with E-state index < -0.39 is 0 Å². The molecule has 1 fully saturated rings. The van der Waals surface area contributed by atoms with Crippen molar-refractivity contribution in [2.45, 2.75) is 24.9 Å². The molecule has 144 valence electrons. The van der Waals surface area contributed by atoms with Crippen LogP contribution in [0.1, 0.15) is 19.8 Å². The van der Waals surface area contributed by atoms with Crippen molar-refractivity contribution < 1.29 is 14.3 Å². The first kappa shape index (κ1) is 19.9. The van der Waals surface area contributed by atoms with Gasteiger partial charge in [-0.3, -0.25) is 14.2 Å². The number of rotatable bonds is 6. The number of halogens is 1. The topological polar surface area (TPSA) is 64.4 Å². The number of benzene rings is 1. The number of hydrogen-bond acceptors (Lipinski definition) is 5. The number of aromatic nitrogens is 2. The fraction of sp³-hybridized carbons (Fsp3) is 0.421. The van der Waals surface area contributed by atoms with Crippen LogP contribution in [-0.2, 0) is 14.3 Å². The molecule has 8 heteroatoms. The molecule has 1 aromatic carbocycles. The highest BCUT2D eigenvalue weighted by molar-refractivity contribution is 9.10. The molecule has 1 aromatic heterocycles. The molecule has 2 heterocycles. The van der Waals surface area contributed by atoms with E-state index in [4.69, 9.17) is 4.74 Å². The van der Waals surface area contributed by atoms with Crippen molar-refractivity contribution in [3.8, 4) is 5.69 Å². The molecule has 0 N–H and O–H groups in total. The van der Waals surface area contributed by atoms with E-state index in [9.17, 15) is 9.59 Å². The Labute approximate surface area is 171 Å². The SMILES string of the molecule is CCOC(=O)[C@@H]1CCCN(C(=O)CSc2nccn2-c2ccc(Br)cc2)C1. The quantitative estimate of drug-likeness (QED) is 0.496. The second-order valence-corrected chi connectivity index (χ2v) is 8.13. The summed E-state index contributed by atoms with van der Waals surface area (Å²) in [5.74, 6) is -0.0894. The molecule has 2 aromatic rings. The molecular formula is C19H22BrN3O3S. The maximum atomic E-state index is 12.6. The third-order valence-electron chi connectivity index (χ3n) is 4.43. The van der Waals surface area contributed by atoms with Gasteiger partial charge in [0.2, 0.25) is 5.91 Å². The van der Waals surface area contributed by atoms with Crippen LogP contribution in [0.25, 0.3) is 5.69 Å². The lowest BCUT2D eigenvalue weighted by Gasteiger charge is -2.31. The van der Waals surface area contributed by atoms with Crippen LogP contribution in [0.15, 0.2) is 46.3 Å². The van der Waals surface area contributed by atoms with Gasteiger partial charge < -0.3 is 9.64 Å². The minimum absolute atomic E-state index is 0.0272. The number of amides is 1. The molecule has 0 radical (unpaired) electrons. The van der Waals surface area contributed by atoms with Crippen molar-refractivity contribution in [3.63, 3.8) is 0 Å². The first-order valence-electron chi connectivity index (χ1n) is 8.95. The maximum Gasteiger partial charge on any atom is 0.310 e. The number of esters is 1. The minimum atomic E-state index is -0.211. The van der Waals surface area contributed by atoms with Gasteiger partial charge in [0.1, 0.15) is 0 Å². The summed E-state index contributed by atoms with van der Waals surface area (Å²) in [5, 5.41) is 0.768. The van der Waals surface area contributed by atoms with E-state index in [0.717, 1.165) is 28.2 Å². The molecule has 0 spiro atoms. The normalized spacial score (nSPS) is 17.0. The van der Waals surface area contributed by atoms with E-state index in [-0.39, 0.29) is 17.8 Å². The Kier molecular flexibility index (Phi) is 6.95. The Morgan fingerprint density at radius 2 is 2.11 bits per heavy atom. The van der Waals surface area contributed by atoms with Crippen LogP contribution in [0, 0.1) is 5.92 Å². The number of imidazole rings is 1. The van der Waals surface area contributed by atoms with Gasteiger partial charge in [-0.25, -0.2) is 4.98 Å². The number of carbonyl (C=O) groups excluding carboxylic acids is 2. The molecule has 0 bridgehead atoms. The monoisotopic (exact) mass is 451 g/mol. The molecule has 27 heavy (non-hydrogen) atoms. The molecule has 0 unspecified atom stereocenters. The smallest absolute Gasteiger partial charge is 0.310 e. The molecule has 1 saturated heterocycles. The zero-order valence-electron chi connectivity index (χ0n) is 15.1. The minimum Gasteiger partial charge on any atom is -0.466 e. The first-order chi connectivity index (χ1) is 13.1. The molecular weight excluding hydrogens is 430 g/mol. The summed E-state index contributed by atoms with van der Waals surface area (Å²) in [4.78, 5) is 30.7. The largest absolute Gasteiger partial charge is 0.466 e. The molecule has 0 saturated carbocycles. The zero-order valence-corrected chi connectivity index (χ0v) is 17.5. The molecule has 1 aliphatic heterocycles. The Hall–Kier alpha value is -1.80. The van der Waals surface area contributed by atoms with Crippen LogP contribution in [0.2, 0.25) is 0 Å². The third-order valence-corrected chi connectivity index (χ3v) is 5.91. The van der Waals surface area contributed by atoms with Gasteiger partial charge in [-0.1, -0.05) is 27.7 Å². The number of likely N-dealkylation sites (tertiary alicyclic amines) is 1. The lowest BCUT2D eigenvalue weighted by atomic mass is 9.98. The van der Waals surface area contributed by atoms with Gasteiger partial charge in [-0.2, -0.15) is 0 Å². The van der Waals surface area contributed by atoms with Crippen LogP contribution in [0.5, 0.6) is 0 Å². The highest BCUT2D eigenvalue weighted by Crippen LogP contribution is 2.24. The molecule has 0 aliphatic carbocycles. The van der Waals surface area contributed by atoms with E-state index in [2.05, 4.69) is 20.9 Å². The van der Waals surface area contributed by atoms with Gasteiger partial charge in [0.25, 0.3) is 0 Å². The van der Waals surface area contributed by atoms with Gasteiger partial charge in [0.15, 0.2) is 5.16 Å². The van der Waals surface area contributed by atoms with E-state index in [1.54, 1.807) is 18.0 Å². The van der Waals surface area contributed by atoms with Crippen molar-refractivity contribution in [2.24, 2.45) is 5.92 Å². The van der Waals surface area contributed by atoms with Gasteiger partial charge in [0, 0.05) is 35.6 Å². The number of hydrogen-bond donors (Lipinski definition) is 0. The summed E-state index contributed by atoms with van der Waals surface area (Å²) in [5.41, 5.74) is 0.992. The standard InChI is InChI=1S/C19H22BrN3O3S/c1-2-26-18(25)14-4-3-10-22(12-14)17(24)13-27-19-21-9-11-23(19)16-7-5-15(20)6-8-16/h5-9,11,14H,2-4,10,12-13H2,1H3/t14-/m1/s1. The maximum absolute atomic E-state index is 12.6. The summed E-state index contributed by atoms with van der Waals surface area (Å²) in [7, 11) is 0. The van der Waals surface area contributed by atoms with Crippen molar-refractivity contribution >= 4 is 39.6 Å². The van der Waals surface area contributed by atoms with Crippen LogP contribution < -0.4 is 0 Å². The number of thioether (sulfide) groups is 1. The summed E-state index contributed by atoms with van der Waals surface area (Å²) in [6.45, 7) is 3.31. The van der Waals surface area contributed by atoms with Crippen molar-refractivity contribution in [1.82, 2.24) is 14.5 Å². The summed E-state index contributed by atoms with van der Waals surface area (Å²) >= 11 is 4.84. The van der Waals surface area contributed by atoms with E-state index in [1.807, 2.05) is 35.0 Å². The number of nitrogens with zero attached hydrogens (tertiary/aromatic N) is 3. The number of piperidine rings is 1. The van der Waals surface area contributed by atoms with E-state index in [1.165, 1.54) is 11.8 Å². The average Bonchev–Trinajstić information content (AvgIpc) is 3.15. The average molecular weight is 452 g/mol. The van der Waals surface area contributed by atoms with Crippen molar-refractivity contribution in [1.29, 1.82) is 0 Å². The Balaban J connectivity index is 1.59. The van der Waals surface area contributed by atoms with Gasteiger partial charge in [0.05, 0.1) is 18.3 Å². The zero-order chi connectivity index (χ0) is 19.2. The van der Waals surface area contributed by atoms with Crippen LogP contribution in [-0.4, -0.2) is 51.8 Å². The second-order valence-electron chi connectivity index (χ2n) is 6.28. The summed E-state index contributed by atoms with van der Waals surface area (Å²) < 4.78 is 8.07. The number of ether oxygens (including phenoxy) is 1. The van der Waals surface area contributed by atoms with Crippen LogP contribution >= 0.6 is 27.7 Å². The highest BCUT2D eigenvalue weighted by Gasteiger charge is 2.29. The van der Waals surface area contributed by atoms with E-state index >= 15 is 0 Å². The number of carbonyl (C=O) groups is 2. The predicted octanol–water partition coefficient (Wildman–Crippen LogP) is 3.53. The second kappa shape index (κ2) is 9.41. The van der Waals surface area contributed by atoms with Crippen molar-refractivity contribution in [2.75, 3.05) is 25.4 Å². The molecule has 1 atom stereocenters. The molecule has 1 aliphatic rings. The first-order valence-corrected chi connectivity index (χ1v) is 10.7. The van der Waals surface area contributed by atoms with Gasteiger partial charge in [-0.05, 0) is 44.0 Å². The Morgan fingerprint density at radius 3 is 2.85 bits per heavy atom. The predicted molar refractivity (Wildman–Crippen MR) is 108 cm³/mol. The fourth-order valence-corrected chi connectivity index (χ4v) is 4.21. The van der Waals surface area contributed by atoms with Crippen LogP contribution in [0.3, 0.4) is 0 Å².